The van der Waals surface area contributed by atoms with E-state index in [9.17, 15) is 0 Å². The lowest BCUT2D eigenvalue weighted by Crippen LogP contribution is -2.31. The fraction of sp³-hybridized carbons (Fsp3) is 0.412. The first-order chi connectivity index (χ1) is 18.4. The quantitative estimate of drug-likeness (QED) is 0.0543. The third-order valence-electron chi connectivity index (χ3n) is 7.46. The molecule has 4 heteroatoms. The van der Waals surface area contributed by atoms with Crippen LogP contribution in [0.5, 0.6) is 0 Å². The number of allylic oxidation sites excluding steroid dienone is 2. The van der Waals surface area contributed by atoms with E-state index in [2.05, 4.69) is 122 Å². The van der Waals surface area contributed by atoms with E-state index in [0.29, 0.717) is 0 Å². The summed E-state index contributed by atoms with van der Waals surface area (Å²) in [6, 6.07) is 25.0. The molecule has 204 valence electrons. The van der Waals surface area contributed by atoms with Crippen LogP contribution in [0.15, 0.2) is 78.9 Å². The van der Waals surface area contributed by atoms with Crippen molar-refractivity contribution in [2.75, 3.05) is 14.2 Å². The second kappa shape index (κ2) is 15.9. The third-order valence-corrected chi connectivity index (χ3v) is 15.6. The van der Waals surface area contributed by atoms with Gasteiger partial charge in [-0.25, -0.2) is 0 Å². The minimum Gasteiger partial charge on any atom is -0.356 e. The van der Waals surface area contributed by atoms with Gasteiger partial charge in [-0.2, -0.15) is 0 Å². The maximum Gasteiger partial charge on any atom is 0.173 e. The van der Waals surface area contributed by atoms with Gasteiger partial charge in [-0.1, -0.05) is 67.1 Å². The van der Waals surface area contributed by atoms with E-state index in [1.807, 2.05) is 0 Å². The van der Waals surface area contributed by atoms with E-state index < -0.39 is 4.90 Å². The van der Waals surface area contributed by atoms with Crippen molar-refractivity contribution in [3.63, 3.8) is 0 Å². The maximum absolute atomic E-state index is 5.26. The van der Waals surface area contributed by atoms with Crippen molar-refractivity contribution in [1.82, 2.24) is 0 Å². The number of aryl methyl sites for hydroxylation is 3. The van der Waals surface area contributed by atoms with Crippen LogP contribution in [0.2, 0.25) is 0 Å². The molecule has 3 aromatic rings. The molecule has 0 aliphatic carbocycles. The summed E-state index contributed by atoms with van der Waals surface area (Å²) in [4.78, 5) is -1.80. The highest BCUT2D eigenvalue weighted by Gasteiger charge is 2.46. The lowest BCUT2D eigenvalue weighted by atomic mass is 10.0. The van der Waals surface area contributed by atoms with Gasteiger partial charge < -0.3 is 9.47 Å². The SMILES string of the molecule is COC(CCCCC/C=C\CCCc1cccc([P+](I)(c2ccccc2C)c2ccccc2C)c1C)OC. The van der Waals surface area contributed by atoms with Crippen molar-refractivity contribution in [3.8, 4) is 0 Å². The molecule has 0 unspecified atom stereocenters. The Morgan fingerprint density at radius 3 is 1.82 bits per heavy atom. The molecule has 0 aliphatic rings. The van der Waals surface area contributed by atoms with E-state index in [1.165, 1.54) is 57.4 Å². The molecule has 0 atom stereocenters. The van der Waals surface area contributed by atoms with Gasteiger partial charge in [-0.3, -0.25) is 0 Å². The average molecular weight is 644 g/mol. The molecule has 0 radical (unpaired) electrons. The number of rotatable bonds is 15. The van der Waals surface area contributed by atoms with Crippen LogP contribution in [0, 0.1) is 20.8 Å². The maximum atomic E-state index is 5.26. The van der Waals surface area contributed by atoms with Crippen molar-refractivity contribution in [2.24, 2.45) is 0 Å². The molecule has 0 bridgehead atoms. The molecule has 38 heavy (non-hydrogen) atoms. The lowest BCUT2D eigenvalue weighted by molar-refractivity contribution is -0.107. The largest absolute Gasteiger partial charge is 0.356 e. The summed E-state index contributed by atoms with van der Waals surface area (Å²) in [6.45, 7) is 6.88. The smallest absolute Gasteiger partial charge is 0.173 e. The number of halogens is 1. The summed E-state index contributed by atoms with van der Waals surface area (Å²) in [5.74, 6) is 0. The zero-order valence-corrected chi connectivity index (χ0v) is 26.9. The summed E-state index contributed by atoms with van der Waals surface area (Å²) in [7, 11) is 3.42. The van der Waals surface area contributed by atoms with Gasteiger partial charge in [-0.05, 0) is 106 Å². The summed E-state index contributed by atoms with van der Waals surface area (Å²) in [5.41, 5.74) is 5.72. The van der Waals surface area contributed by atoms with Gasteiger partial charge in [0.15, 0.2) is 33.2 Å². The number of hydrogen-bond donors (Lipinski definition) is 0. The molecule has 0 heterocycles. The Bertz CT molecular complexity index is 1120. The minimum atomic E-state index is -1.80. The fourth-order valence-electron chi connectivity index (χ4n) is 5.21. The summed E-state index contributed by atoms with van der Waals surface area (Å²) in [6.07, 6.45) is 13.9. The van der Waals surface area contributed by atoms with Crippen LogP contribution in [-0.4, -0.2) is 20.5 Å². The van der Waals surface area contributed by atoms with Gasteiger partial charge in [0.05, 0.1) is 0 Å². The summed E-state index contributed by atoms with van der Waals surface area (Å²) < 4.78 is 10.5. The molecule has 0 fully saturated rings. The van der Waals surface area contributed by atoms with E-state index in [4.69, 9.17) is 9.47 Å². The highest BCUT2D eigenvalue weighted by molar-refractivity contribution is 14.2. The molecule has 0 N–H and O–H groups in total. The Labute approximate surface area is 245 Å². The molecule has 0 aromatic heterocycles. The number of methoxy groups -OCH3 is 2. The number of benzene rings is 3. The van der Waals surface area contributed by atoms with Crippen LogP contribution in [0.3, 0.4) is 0 Å². The van der Waals surface area contributed by atoms with Gasteiger partial charge in [0.2, 0.25) is 0 Å². The first kappa shape index (κ1) is 31.0. The van der Waals surface area contributed by atoms with Gasteiger partial charge in [0, 0.05) is 14.2 Å². The molecule has 0 spiro atoms. The minimum absolute atomic E-state index is 0.0552. The highest BCUT2D eigenvalue weighted by atomic mass is 127. The van der Waals surface area contributed by atoms with Crippen molar-refractivity contribution < 1.29 is 9.47 Å². The van der Waals surface area contributed by atoms with Gasteiger partial charge in [-0.15, -0.1) is 0 Å². The normalized spacial score (nSPS) is 12.1. The van der Waals surface area contributed by atoms with Gasteiger partial charge >= 0.3 is 0 Å². The second-order valence-electron chi connectivity index (χ2n) is 10.1. The molecule has 0 amide bonds. The van der Waals surface area contributed by atoms with E-state index in [1.54, 1.807) is 14.2 Å². The van der Waals surface area contributed by atoms with Crippen LogP contribution in [0.1, 0.15) is 67.2 Å². The first-order valence-corrected chi connectivity index (χ1v) is 18.5. The summed E-state index contributed by atoms with van der Waals surface area (Å²) in [5, 5.41) is 4.48. The highest BCUT2D eigenvalue weighted by Crippen LogP contribution is 2.65. The lowest BCUT2D eigenvalue weighted by Gasteiger charge is -2.25. The Balaban J connectivity index is 1.67. The zero-order chi connectivity index (χ0) is 27.4. The van der Waals surface area contributed by atoms with Crippen molar-refractivity contribution in [3.05, 3.63) is 101 Å². The van der Waals surface area contributed by atoms with E-state index in [-0.39, 0.29) is 6.29 Å². The Morgan fingerprint density at radius 2 is 1.24 bits per heavy atom. The third kappa shape index (κ3) is 8.01. The summed E-state index contributed by atoms with van der Waals surface area (Å²) >= 11 is 2.83. The Kier molecular flexibility index (Phi) is 13.0. The molecular formula is C34H45IO2P+. The number of unbranched alkanes of at least 4 members (excludes halogenated alkanes) is 4. The fourth-order valence-corrected chi connectivity index (χ4v) is 13.4. The van der Waals surface area contributed by atoms with E-state index >= 15 is 0 Å². The Hall–Kier alpha value is -1.52. The topological polar surface area (TPSA) is 18.5 Å². The molecule has 0 saturated carbocycles. The second-order valence-corrected chi connectivity index (χ2v) is 17.1. The average Bonchev–Trinajstić information content (AvgIpc) is 2.93. The monoisotopic (exact) mass is 643 g/mol. The standard InChI is InChI=1S/C34H45IO2P/c1-27-19-14-16-23-31(27)38(35,32-24-17-15-20-28(32)2)33-25-18-22-30(29(33)3)21-12-10-8-6-7-9-11-13-26-34(36-4)37-5/h6,8,14-20,22-25,34H,7,9-13,21,26H2,1-5H3/q+1/b8-6-. The van der Waals surface area contributed by atoms with E-state index in [0.717, 1.165) is 32.1 Å². The molecule has 3 rings (SSSR count). The zero-order valence-electron chi connectivity index (χ0n) is 23.9. The predicted molar refractivity (Wildman–Crippen MR) is 176 cm³/mol. The molecular weight excluding hydrogens is 598 g/mol. The first-order valence-electron chi connectivity index (χ1n) is 13.9. The predicted octanol–water partition coefficient (Wildman–Crippen LogP) is 8.70. The molecule has 0 aliphatic heterocycles. The molecule has 2 nitrogen and oxygen atoms in total. The molecule has 0 saturated heterocycles. The van der Waals surface area contributed by atoms with Crippen LogP contribution < -0.4 is 15.9 Å². The number of hydrogen-bond acceptors (Lipinski definition) is 2. The van der Waals surface area contributed by atoms with Gasteiger partial charge in [0.25, 0.3) is 0 Å². The van der Waals surface area contributed by atoms with Crippen LogP contribution in [0.4, 0.5) is 0 Å². The van der Waals surface area contributed by atoms with Crippen LogP contribution in [0.25, 0.3) is 0 Å². The Morgan fingerprint density at radius 1 is 0.684 bits per heavy atom. The van der Waals surface area contributed by atoms with Crippen LogP contribution >= 0.6 is 26.9 Å². The van der Waals surface area contributed by atoms with Crippen molar-refractivity contribution >= 4 is 42.9 Å². The van der Waals surface area contributed by atoms with Crippen LogP contribution in [-0.2, 0) is 15.9 Å². The van der Waals surface area contributed by atoms with Crippen molar-refractivity contribution in [2.45, 2.75) is 78.4 Å². The van der Waals surface area contributed by atoms with Crippen molar-refractivity contribution in [1.29, 1.82) is 0 Å². The molecule has 3 aromatic carbocycles. The van der Waals surface area contributed by atoms with Gasteiger partial charge in [0.1, 0.15) is 15.9 Å². The number of ether oxygens (including phenoxy) is 2.